The van der Waals surface area contributed by atoms with E-state index in [-0.39, 0.29) is 5.88 Å². The summed E-state index contributed by atoms with van der Waals surface area (Å²) in [6.07, 6.45) is 0. The van der Waals surface area contributed by atoms with Crippen molar-refractivity contribution >= 4 is 38.4 Å². The Kier molecular flexibility index (Phi) is 2.45. The van der Waals surface area contributed by atoms with Crippen LogP contribution in [-0.2, 0) is 4.79 Å². The molecule has 0 unspecified atom stereocenters. The van der Waals surface area contributed by atoms with E-state index in [0.717, 1.165) is 0 Å². The van der Waals surface area contributed by atoms with Gasteiger partial charge in [0.15, 0.2) is 5.13 Å². The van der Waals surface area contributed by atoms with Crippen molar-refractivity contribution in [1.29, 1.82) is 0 Å². The van der Waals surface area contributed by atoms with E-state index in [4.69, 9.17) is 10.5 Å². The molecule has 0 spiro atoms. The van der Waals surface area contributed by atoms with Crippen LogP contribution < -0.4 is 10.5 Å². The van der Waals surface area contributed by atoms with Gasteiger partial charge in [0.2, 0.25) is 5.88 Å². The number of carbonyl (C=O) groups is 1. The van der Waals surface area contributed by atoms with Gasteiger partial charge in [-0.15, -0.1) is 0 Å². The van der Waals surface area contributed by atoms with E-state index in [1.165, 1.54) is 18.3 Å². The van der Waals surface area contributed by atoms with Crippen LogP contribution in [0.4, 0.5) is 5.13 Å². The minimum atomic E-state index is -0.406. The molecule has 1 heterocycles. The molecule has 0 atom stereocenters. The normalized spacial score (nSPS) is 9.64. The van der Waals surface area contributed by atoms with E-state index in [9.17, 15) is 4.79 Å². The third-order valence-corrected chi connectivity index (χ3v) is 2.29. The van der Waals surface area contributed by atoms with Crippen molar-refractivity contribution in [2.75, 3.05) is 5.73 Å². The fourth-order valence-corrected chi connectivity index (χ4v) is 1.66. The van der Waals surface area contributed by atoms with Gasteiger partial charge >= 0.3 is 5.97 Å². The highest BCUT2D eigenvalue weighted by Gasteiger charge is 2.09. The minimum Gasteiger partial charge on any atom is -0.405 e. The number of nitrogen functional groups attached to an aromatic ring is 1. The van der Waals surface area contributed by atoms with E-state index in [1.807, 2.05) is 0 Å². The maximum atomic E-state index is 10.5. The fourth-order valence-electron chi connectivity index (χ4n) is 0.501. The highest BCUT2D eigenvalue weighted by molar-refractivity contribution is 9.11. The van der Waals surface area contributed by atoms with Crippen LogP contribution in [0.1, 0.15) is 6.92 Å². The maximum absolute atomic E-state index is 10.5. The molecule has 0 radical (unpaired) electrons. The van der Waals surface area contributed by atoms with Gasteiger partial charge in [-0.25, -0.2) is 0 Å². The quantitative estimate of drug-likeness (QED) is 0.750. The lowest BCUT2D eigenvalue weighted by atomic mass is 10.8. The number of nitrogens with two attached hydrogens (primary N) is 1. The predicted molar refractivity (Wildman–Crippen MR) is 45.5 cm³/mol. The zero-order chi connectivity index (χ0) is 8.43. The number of thiazole rings is 1. The Bertz CT molecular complexity index is 286. The lowest BCUT2D eigenvalue weighted by Crippen LogP contribution is -2.01. The van der Waals surface area contributed by atoms with Gasteiger partial charge in [0.25, 0.3) is 0 Å². The second-order valence-corrected chi connectivity index (χ2v) is 4.07. The number of esters is 1. The average Bonchev–Trinajstić information content (AvgIpc) is 2.09. The number of carbonyl (C=O) groups excluding carboxylic acids is 1. The molecule has 0 aromatic carbocycles. The molecule has 11 heavy (non-hydrogen) atoms. The molecule has 0 amide bonds. The highest BCUT2D eigenvalue weighted by Crippen LogP contribution is 2.32. The number of anilines is 1. The van der Waals surface area contributed by atoms with Crippen LogP contribution in [0.3, 0.4) is 0 Å². The van der Waals surface area contributed by atoms with Crippen LogP contribution in [0.2, 0.25) is 0 Å². The number of hydrogen-bond acceptors (Lipinski definition) is 5. The molecule has 4 nitrogen and oxygen atoms in total. The lowest BCUT2D eigenvalue weighted by Gasteiger charge is -1.93. The largest absolute Gasteiger partial charge is 0.405 e. The molecule has 0 saturated carbocycles. The first kappa shape index (κ1) is 8.48. The van der Waals surface area contributed by atoms with E-state index in [0.29, 0.717) is 8.92 Å². The van der Waals surface area contributed by atoms with Crippen molar-refractivity contribution in [1.82, 2.24) is 4.98 Å². The molecular formula is C5H5BrN2O2S. The van der Waals surface area contributed by atoms with E-state index in [1.54, 1.807) is 0 Å². The number of nitrogens with zero attached hydrogens (tertiary/aromatic N) is 1. The summed E-state index contributed by atoms with van der Waals surface area (Å²) in [4.78, 5) is 14.2. The Balaban J connectivity index is 2.85. The predicted octanol–water partition coefficient (Wildman–Crippen LogP) is 1.41. The van der Waals surface area contributed by atoms with Crippen LogP contribution >= 0.6 is 27.3 Å². The van der Waals surface area contributed by atoms with Gasteiger partial charge in [0, 0.05) is 6.92 Å². The van der Waals surface area contributed by atoms with Gasteiger partial charge in [-0.2, -0.15) is 4.98 Å². The summed E-state index contributed by atoms with van der Waals surface area (Å²) in [6.45, 7) is 1.31. The zero-order valence-electron chi connectivity index (χ0n) is 5.63. The van der Waals surface area contributed by atoms with E-state index >= 15 is 0 Å². The van der Waals surface area contributed by atoms with Crippen molar-refractivity contribution in [3.8, 4) is 5.88 Å². The maximum Gasteiger partial charge on any atom is 0.309 e. The summed E-state index contributed by atoms with van der Waals surface area (Å²) in [5, 5.41) is 0.369. The first-order valence-corrected chi connectivity index (χ1v) is 4.30. The Morgan fingerprint density at radius 2 is 2.45 bits per heavy atom. The van der Waals surface area contributed by atoms with Crippen LogP contribution in [0, 0.1) is 0 Å². The summed E-state index contributed by atoms with van der Waals surface area (Å²) >= 11 is 4.36. The van der Waals surface area contributed by atoms with Crippen molar-refractivity contribution in [2.24, 2.45) is 0 Å². The summed E-state index contributed by atoms with van der Waals surface area (Å²) in [5.41, 5.74) is 5.34. The standard InChI is InChI=1S/C5H5BrN2O2S/c1-2(9)10-4-3(6)11-5(7)8-4/h1H3,(H2,7,8). The number of hydrogen-bond donors (Lipinski definition) is 1. The number of rotatable bonds is 1. The molecule has 1 rings (SSSR count). The lowest BCUT2D eigenvalue weighted by molar-refractivity contribution is -0.132. The van der Waals surface area contributed by atoms with Crippen LogP contribution in [0.5, 0.6) is 5.88 Å². The summed E-state index contributed by atoms with van der Waals surface area (Å²) in [5.74, 6) is -0.170. The summed E-state index contributed by atoms with van der Waals surface area (Å²) in [6, 6.07) is 0. The number of halogens is 1. The molecule has 0 bridgehead atoms. The Hall–Kier alpha value is -0.620. The molecule has 60 valence electrons. The number of ether oxygens (including phenoxy) is 1. The molecule has 6 heteroatoms. The fraction of sp³-hybridized carbons (Fsp3) is 0.200. The van der Waals surface area contributed by atoms with Gasteiger partial charge in [-0.05, 0) is 15.9 Å². The SMILES string of the molecule is CC(=O)Oc1nc(N)sc1Br. The zero-order valence-corrected chi connectivity index (χ0v) is 8.03. The van der Waals surface area contributed by atoms with E-state index in [2.05, 4.69) is 20.9 Å². The Morgan fingerprint density at radius 3 is 2.82 bits per heavy atom. The third-order valence-electron chi connectivity index (χ3n) is 0.814. The van der Waals surface area contributed by atoms with Gasteiger partial charge in [0.05, 0.1) is 0 Å². The monoisotopic (exact) mass is 236 g/mol. The van der Waals surface area contributed by atoms with Crippen molar-refractivity contribution in [2.45, 2.75) is 6.92 Å². The van der Waals surface area contributed by atoms with E-state index < -0.39 is 5.97 Å². The first-order chi connectivity index (χ1) is 5.09. The summed E-state index contributed by atoms with van der Waals surface area (Å²) in [7, 11) is 0. The molecule has 0 aliphatic heterocycles. The van der Waals surface area contributed by atoms with Gasteiger partial charge in [0.1, 0.15) is 3.79 Å². The molecule has 1 aromatic rings. The average molecular weight is 237 g/mol. The molecule has 0 aliphatic rings. The third kappa shape index (κ3) is 2.16. The number of aromatic nitrogens is 1. The molecule has 1 aromatic heterocycles. The Morgan fingerprint density at radius 1 is 1.82 bits per heavy atom. The molecular weight excluding hydrogens is 232 g/mol. The van der Waals surface area contributed by atoms with Crippen LogP contribution in [0.25, 0.3) is 0 Å². The molecule has 0 fully saturated rings. The van der Waals surface area contributed by atoms with Crippen molar-refractivity contribution < 1.29 is 9.53 Å². The van der Waals surface area contributed by atoms with Crippen LogP contribution in [-0.4, -0.2) is 11.0 Å². The molecule has 0 aliphatic carbocycles. The topological polar surface area (TPSA) is 65.2 Å². The van der Waals surface area contributed by atoms with Crippen molar-refractivity contribution in [3.05, 3.63) is 3.79 Å². The minimum absolute atomic E-state index is 0.236. The molecule has 2 N–H and O–H groups in total. The second kappa shape index (κ2) is 3.19. The van der Waals surface area contributed by atoms with Crippen molar-refractivity contribution in [3.63, 3.8) is 0 Å². The van der Waals surface area contributed by atoms with Gasteiger partial charge < -0.3 is 10.5 Å². The molecule has 0 saturated heterocycles. The smallest absolute Gasteiger partial charge is 0.309 e. The van der Waals surface area contributed by atoms with Gasteiger partial charge in [-0.3, -0.25) is 4.79 Å². The van der Waals surface area contributed by atoms with Crippen LogP contribution in [0.15, 0.2) is 3.79 Å². The summed E-state index contributed by atoms with van der Waals surface area (Å²) < 4.78 is 5.33. The second-order valence-electron chi connectivity index (χ2n) is 1.72. The first-order valence-electron chi connectivity index (χ1n) is 2.70. The highest BCUT2D eigenvalue weighted by atomic mass is 79.9. The Labute approximate surface area is 75.5 Å². The van der Waals surface area contributed by atoms with Gasteiger partial charge in [-0.1, -0.05) is 11.3 Å².